The van der Waals surface area contributed by atoms with Crippen LogP contribution in [0.2, 0.25) is 5.02 Å². The van der Waals surface area contributed by atoms with E-state index in [9.17, 15) is 4.79 Å². The lowest BCUT2D eigenvalue weighted by Gasteiger charge is -2.34. The van der Waals surface area contributed by atoms with Gasteiger partial charge in [0, 0.05) is 18.1 Å². The molecule has 1 aliphatic rings. The van der Waals surface area contributed by atoms with Crippen molar-refractivity contribution in [2.24, 2.45) is 11.8 Å². The number of carbonyl (C=O) groups is 1. The fourth-order valence-corrected chi connectivity index (χ4v) is 3.26. The molecule has 0 aromatic heterocycles. The number of hydrogen-bond donors (Lipinski definition) is 1. The van der Waals surface area contributed by atoms with Gasteiger partial charge in [0.05, 0.1) is 19.3 Å². The van der Waals surface area contributed by atoms with Crippen LogP contribution in [0.5, 0.6) is 5.75 Å². The second kappa shape index (κ2) is 7.14. The molecule has 1 N–H and O–H groups in total. The number of anilines is 1. The Labute approximate surface area is 131 Å². The van der Waals surface area contributed by atoms with Crippen molar-refractivity contribution in [3.8, 4) is 5.75 Å². The number of hydrogen-bond acceptors (Lipinski definition) is 3. The summed E-state index contributed by atoms with van der Waals surface area (Å²) >= 11 is 5.97. The average molecular weight is 311 g/mol. The molecule has 1 aromatic carbocycles. The highest BCUT2D eigenvalue weighted by atomic mass is 35.5. The zero-order valence-corrected chi connectivity index (χ0v) is 13.6. The van der Waals surface area contributed by atoms with Gasteiger partial charge < -0.3 is 10.1 Å². The Morgan fingerprint density at radius 2 is 2.05 bits per heavy atom. The van der Waals surface area contributed by atoms with E-state index in [4.69, 9.17) is 16.3 Å². The van der Waals surface area contributed by atoms with Crippen LogP contribution >= 0.6 is 11.6 Å². The molecule has 2 atom stereocenters. The topological polar surface area (TPSA) is 41.6 Å². The van der Waals surface area contributed by atoms with Crippen molar-refractivity contribution in [3.63, 3.8) is 0 Å². The Bertz CT molecular complexity index is 497. The first-order chi connectivity index (χ1) is 9.97. The van der Waals surface area contributed by atoms with Gasteiger partial charge in [-0.1, -0.05) is 25.4 Å². The summed E-state index contributed by atoms with van der Waals surface area (Å²) in [5, 5.41) is 3.46. The van der Waals surface area contributed by atoms with Crippen LogP contribution in [0.4, 0.5) is 5.69 Å². The van der Waals surface area contributed by atoms with Crippen LogP contribution in [0, 0.1) is 11.8 Å². The number of nitrogens with zero attached hydrogens (tertiary/aromatic N) is 1. The van der Waals surface area contributed by atoms with E-state index in [0.717, 1.165) is 13.1 Å². The standard InChI is InChI=1S/C16H23ClN2O2/c1-11-6-12(2)9-19(8-11)10-16(20)18-14-7-13(17)4-5-15(14)21-3/h4-5,7,11-12H,6,8-10H2,1-3H3,(H,18,20). The third kappa shape index (κ3) is 4.61. The molecule has 1 fully saturated rings. The predicted octanol–water partition coefficient (Wildman–Crippen LogP) is 3.27. The molecule has 0 bridgehead atoms. The summed E-state index contributed by atoms with van der Waals surface area (Å²) in [6.07, 6.45) is 1.24. The van der Waals surface area contributed by atoms with Gasteiger partial charge in [0.15, 0.2) is 0 Å². The van der Waals surface area contributed by atoms with Gasteiger partial charge in [0.25, 0.3) is 0 Å². The zero-order valence-electron chi connectivity index (χ0n) is 12.9. The van der Waals surface area contributed by atoms with Crippen molar-refractivity contribution in [2.75, 3.05) is 32.1 Å². The number of ether oxygens (including phenoxy) is 1. The average Bonchev–Trinajstić information content (AvgIpc) is 2.37. The number of carbonyl (C=O) groups excluding carboxylic acids is 1. The van der Waals surface area contributed by atoms with Gasteiger partial charge >= 0.3 is 0 Å². The van der Waals surface area contributed by atoms with Crippen molar-refractivity contribution in [1.29, 1.82) is 0 Å². The van der Waals surface area contributed by atoms with Crippen LogP contribution < -0.4 is 10.1 Å². The molecule has 0 radical (unpaired) electrons. The number of rotatable bonds is 4. The van der Waals surface area contributed by atoms with E-state index in [1.165, 1.54) is 6.42 Å². The van der Waals surface area contributed by atoms with Gasteiger partial charge in [-0.2, -0.15) is 0 Å². The number of likely N-dealkylation sites (tertiary alicyclic amines) is 1. The van der Waals surface area contributed by atoms with Crippen LogP contribution in [-0.4, -0.2) is 37.6 Å². The lowest BCUT2D eigenvalue weighted by atomic mass is 9.92. The SMILES string of the molecule is COc1ccc(Cl)cc1NC(=O)CN1CC(C)CC(C)C1. The molecular weight excluding hydrogens is 288 g/mol. The number of amides is 1. The summed E-state index contributed by atoms with van der Waals surface area (Å²) < 4.78 is 5.24. The van der Waals surface area contributed by atoms with E-state index in [1.54, 1.807) is 25.3 Å². The molecule has 1 heterocycles. The van der Waals surface area contributed by atoms with Gasteiger partial charge in [-0.15, -0.1) is 0 Å². The monoisotopic (exact) mass is 310 g/mol. The summed E-state index contributed by atoms with van der Waals surface area (Å²) in [7, 11) is 1.58. The number of nitrogens with one attached hydrogen (secondary N) is 1. The molecule has 1 aliphatic heterocycles. The molecule has 21 heavy (non-hydrogen) atoms. The lowest BCUT2D eigenvalue weighted by molar-refractivity contribution is -0.117. The second-order valence-electron chi connectivity index (χ2n) is 6.03. The Hall–Kier alpha value is -1.26. The van der Waals surface area contributed by atoms with E-state index in [-0.39, 0.29) is 5.91 Å². The van der Waals surface area contributed by atoms with Gasteiger partial charge in [0.1, 0.15) is 5.75 Å². The number of halogens is 1. The normalized spacial score (nSPS) is 22.9. The molecule has 5 heteroatoms. The predicted molar refractivity (Wildman–Crippen MR) is 86.0 cm³/mol. The van der Waals surface area contributed by atoms with Crippen molar-refractivity contribution in [3.05, 3.63) is 23.2 Å². The minimum Gasteiger partial charge on any atom is -0.495 e. The van der Waals surface area contributed by atoms with E-state index in [1.807, 2.05) is 0 Å². The molecule has 116 valence electrons. The van der Waals surface area contributed by atoms with E-state index in [2.05, 4.69) is 24.1 Å². The van der Waals surface area contributed by atoms with E-state index < -0.39 is 0 Å². The summed E-state index contributed by atoms with van der Waals surface area (Å²) in [4.78, 5) is 14.4. The summed E-state index contributed by atoms with van der Waals surface area (Å²) in [5.74, 6) is 1.87. The third-order valence-electron chi connectivity index (χ3n) is 3.75. The molecule has 1 aromatic rings. The van der Waals surface area contributed by atoms with Crippen molar-refractivity contribution < 1.29 is 9.53 Å². The van der Waals surface area contributed by atoms with Crippen LogP contribution in [0.25, 0.3) is 0 Å². The maximum absolute atomic E-state index is 12.2. The van der Waals surface area contributed by atoms with Crippen molar-refractivity contribution >= 4 is 23.2 Å². The first-order valence-electron chi connectivity index (χ1n) is 7.33. The first kappa shape index (κ1) is 16.1. The van der Waals surface area contributed by atoms with Crippen LogP contribution in [0.1, 0.15) is 20.3 Å². The molecule has 0 aliphatic carbocycles. The highest BCUT2D eigenvalue weighted by Gasteiger charge is 2.23. The maximum Gasteiger partial charge on any atom is 0.238 e. The van der Waals surface area contributed by atoms with Gasteiger partial charge in [-0.25, -0.2) is 0 Å². The Balaban J connectivity index is 1.97. The van der Waals surface area contributed by atoms with E-state index >= 15 is 0 Å². The van der Waals surface area contributed by atoms with Crippen LogP contribution in [-0.2, 0) is 4.79 Å². The summed E-state index contributed by atoms with van der Waals surface area (Å²) in [5.41, 5.74) is 0.619. The molecule has 2 rings (SSSR count). The molecule has 0 saturated carbocycles. The minimum atomic E-state index is -0.0307. The largest absolute Gasteiger partial charge is 0.495 e. The van der Waals surface area contributed by atoms with Crippen LogP contribution in [0.15, 0.2) is 18.2 Å². The molecule has 4 nitrogen and oxygen atoms in total. The quantitative estimate of drug-likeness (QED) is 0.928. The molecule has 2 unspecified atom stereocenters. The van der Waals surface area contributed by atoms with Gasteiger partial charge in [-0.05, 0) is 36.5 Å². The van der Waals surface area contributed by atoms with Crippen molar-refractivity contribution in [2.45, 2.75) is 20.3 Å². The molecular formula is C16H23ClN2O2. The van der Waals surface area contributed by atoms with Crippen molar-refractivity contribution in [1.82, 2.24) is 4.90 Å². The van der Waals surface area contributed by atoms with Gasteiger partial charge in [0.2, 0.25) is 5.91 Å². The first-order valence-corrected chi connectivity index (χ1v) is 7.71. The Kier molecular flexibility index (Phi) is 5.48. The highest BCUT2D eigenvalue weighted by molar-refractivity contribution is 6.31. The Morgan fingerprint density at radius 1 is 1.38 bits per heavy atom. The summed E-state index contributed by atoms with van der Waals surface area (Å²) in [6, 6.07) is 5.20. The zero-order chi connectivity index (χ0) is 15.4. The number of methoxy groups -OCH3 is 1. The molecule has 0 spiro atoms. The second-order valence-corrected chi connectivity index (χ2v) is 6.47. The minimum absolute atomic E-state index is 0.0307. The van der Waals surface area contributed by atoms with E-state index in [0.29, 0.717) is 34.8 Å². The lowest BCUT2D eigenvalue weighted by Crippen LogP contribution is -2.42. The van der Waals surface area contributed by atoms with Gasteiger partial charge in [-0.3, -0.25) is 9.69 Å². The third-order valence-corrected chi connectivity index (χ3v) is 3.98. The number of piperidine rings is 1. The summed E-state index contributed by atoms with van der Waals surface area (Å²) in [6.45, 7) is 6.83. The number of benzene rings is 1. The Morgan fingerprint density at radius 3 is 2.67 bits per heavy atom. The fraction of sp³-hybridized carbons (Fsp3) is 0.562. The fourth-order valence-electron chi connectivity index (χ4n) is 3.09. The van der Waals surface area contributed by atoms with Crippen LogP contribution in [0.3, 0.4) is 0 Å². The smallest absolute Gasteiger partial charge is 0.238 e. The maximum atomic E-state index is 12.2. The molecule has 1 saturated heterocycles. The highest BCUT2D eigenvalue weighted by Crippen LogP contribution is 2.28. The molecule has 1 amide bonds.